The Morgan fingerprint density at radius 2 is 2.14 bits per heavy atom. The smallest absolute Gasteiger partial charge is 0.228 e. The second-order valence-electron chi connectivity index (χ2n) is 6.87. The molecule has 2 aromatic rings. The lowest BCUT2D eigenvalue weighted by Crippen LogP contribution is -2.41. The quantitative estimate of drug-likeness (QED) is 0.322. The predicted octanol–water partition coefficient (Wildman–Crippen LogP) is 2.64. The lowest BCUT2D eigenvalue weighted by molar-refractivity contribution is -0.116. The molecular formula is C19H27IN6O2. The summed E-state index contributed by atoms with van der Waals surface area (Å²) in [6, 6.07) is 7.91. The molecule has 0 bridgehead atoms. The molecule has 28 heavy (non-hydrogen) atoms. The third kappa shape index (κ3) is 5.66. The van der Waals surface area contributed by atoms with Crippen LogP contribution in [0.1, 0.15) is 49.4 Å². The maximum Gasteiger partial charge on any atom is 0.228 e. The second kappa shape index (κ2) is 10.4. The van der Waals surface area contributed by atoms with Crippen LogP contribution in [0.15, 0.2) is 33.8 Å². The minimum absolute atomic E-state index is 0. The molecule has 0 radical (unpaired) electrons. The number of carbonyl (C=O) groups excluding carboxylic acids is 1. The number of aromatic nitrogens is 2. The Labute approximate surface area is 182 Å². The van der Waals surface area contributed by atoms with E-state index in [1.807, 2.05) is 32.0 Å². The van der Waals surface area contributed by atoms with Crippen LogP contribution in [0, 0.1) is 0 Å². The van der Waals surface area contributed by atoms with Gasteiger partial charge < -0.3 is 20.5 Å². The molecule has 1 aromatic carbocycles. The number of nitrogens with one attached hydrogen (secondary N) is 3. The molecular weight excluding hydrogens is 471 g/mol. The zero-order valence-electron chi connectivity index (χ0n) is 16.4. The lowest BCUT2D eigenvalue weighted by atomic mass is 9.90. The maximum atomic E-state index is 11.9. The lowest BCUT2D eigenvalue weighted by Gasteiger charge is -2.26. The largest absolute Gasteiger partial charge is 0.356 e. The van der Waals surface area contributed by atoms with Crippen LogP contribution in [0.3, 0.4) is 0 Å². The van der Waals surface area contributed by atoms with Crippen LogP contribution in [0.25, 0.3) is 0 Å². The van der Waals surface area contributed by atoms with Crippen molar-refractivity contribution in [1.82, 2.24) is 20.8 Å². The zero-order chi connectivity index (χ0) is 19.2. The molecule has 0 spiro atoms. The number of rotatable bonds is 6. The van der Waals surface area contributed by atoms with E-state index in [1.54, 1.807) is 7.05 Å². The van der Waals surface area contributed by atoms with Gasteiger partial charge in [-0.3, -0.25) is 9.79 Å². The van der Waals surface area contributed by atoms with Gasteiger partial charge in [-0.25, -0.2) is 0 Å². The third-order valence-electron chi connectivity index (χ3n) is 4.48. The van der Waals surface area contributed by atoms with Crippen LogP contribution in [-0.2, 0) is 11.2 Å². The van der Waals surface area contributed by atoms with Crippen molar-refractivity contribution in [3.05, 3.63) is 41.5 Å². The minimum Gasteiger partial charge on any atom is -0.356 e. The van der Waals surface area contributed by atoms with Crippen LogP contribution in [0.5, 0.6) is 0 Å². The monoisotopic (exact) mass is 498 g/mol. The Hall–Kier alpha value is -2.17. The molecule has 8 nitrogen and oxygen atoms in total. The normalized spacial score (nSPS) is 16.2. The Morgan fingerprint density at radius 1 is 1.36 bits per heavy atom. The topological polar surface area (TPSA) is 104 Å². The summed E-state index contributed by atoms with van der Waals surface area (Å²) in [6.45, 7) is 5.31. The summed E-state index contributed by atoms with van der Waals surface area (Å²) in [5.74, 6) is 2.42. The van der Waals surface area contributed by atoms with E-state index in [1.165, 1.54) is 0 Å². The van der Waals surface area contributed by atoms with Gasteiger partial charge in [-0.15, -0.1) is 24.0 Å². The highest BCUT2D eigenvalue weighted by Crippen LogP contribution is 2.31. The van der Waals surface area contributed by atoms with Gasteiger partial charge in [-0.1, -0.05) is 37.2 Å². The Kier molecular flexibility index (Phi) is 8.21. The van der Waals surface area contributed by atoms with Gasteiger partial charge in [0.25, 0.3) is 0 Å². The Bertz CT molecular complexity index is 820. The molecule has 152 valence electrons. The molecule has 1 aromatic heterocycles. The molecule has 0 saturated carbocycles. The van der Waals surface area contributed by atoms with Gasteiger partial charge in [-0.05, 0) is 11.6 Å². The molecule has 2 heterocycles. The molecule has 0 fully saturated rings. The number of nitrogens with zero attached hydrogens (tertiary/aromatic N) is 3. The van der Waals surface area contributed by atoms with Crippen molar-refractivity contribution in [2.75, 3.05) is 25.5 Å². The van der Waals surface area contributed by atoms with Gasteiger partial charge in [0.2, 0.25) is 11.8 Å². The van der Waals surface area contributed by atoms with E-state index in [9.17, 15) is 4.79 Å². The standard InChI is InChI=1S/C19H26N6O2.HI/c1-12(2)18-24-17(27-25-18)8-9-21-19(20-3)22-11-13-10-16(26)23-15-7-5-4-6-14(13)15;/h4-7,12-13H,8-11H2,1-3H3,(H,23,26)(H2,20,21,22);1H. The highest BCUT2D eigenvalue weighted by atomic mass is 127. The number of guanidine groups is 1. The first-order chi connectivity index (χ1) is 13.1. The van der Waals surface area contributed by atoms with E-state index in [2.05, 4.69) is 37.1 Å². The Morgan fingerprint density at radius 3 is 2.86 bits per heavy atom. The summed E-state index contributed by atoms with van der Waals surface area (Å²) < 4.78 is 5.24. The van der Waals surface area contributed by atoms with Crippen molar-refractivity contribution >= 4 is 41.5 Å². The number of benzene rings is 1. The second-order valence-corrected chi connectivity index (χ2v) is 6.87. The fourth-order valence-corrected chi connectivity index (χ4v) is 3.02. The van der Waals surface area contributed by atoms with E-state index in [0.717, 1.165) is 17.1 Å². The number of fused-ring (bicyclic) bond motifs is 1. The molecule has 3 N–H and O–H groups in total. The van der Waals surface area contributed by atoms with Crippen molar-refractivity contribution in [3.63, 3.8) is 0 Å². The van der Waals surface area contributed by atoms with Crippen molar-refractivity contribution in [2.45, 2.75) is 38.5 Å². The van der Waals surface area contributed by atoms with Gasteiger partial charge in [0.05, 0.1) is 0 Å². The van der Waals surface area contributed by atoms with E-state index in [-0.39, 0.29) is 41.7 Å². The van der Waals surface area contributed by atoms with Crippen molar-refractivity contribution in [1.29, 1.82) is 0 Å². The predicted molar refractivity (Wildman–Crippen MR) is 119 cm³/mol. The molecule has 9 heteroatoms. The Balaban J connectivity index is 0.00000280. The van der Waals surface area contributed by atoms with Crippen LogP contribution in [-0.4, -0.2) is 42.1 Å². The van der Waals surface area contributed by atoms with E-state index in [4.69, 9.17) is 4.52 Å². The van der Waals surface area contributed by atoms with Crippen LogP contribution < -0.4 is 16.0 Å². The van der Waals surface area contributed by atoms with Crippen LogP contribution in [0.4, 0.5) is 5.69 Å². The van der Waals surface area contributed by atoms with Crippen molar-refractivity contribution < 1.29 is 9.32 Å². The van der Waals surface area contributed by atoms with Gasteiger partial charge in [0, 0.05) is 50.5 Å². The third-order valence-corrected chi connectivity index (χ3v) is 4.48. The first kappa shape index (κ1) is 22.1. The van der Waals surface area contributed by atoms with E-state index in [0.29, 0.717) is 37.8 Å². The number of carbonyl (C=O) groups is 1. The van der Waals surface area contributed by atoms with Crippen molar-refractivity contribution in [3.8, 4) is 0 Å². The summed E-state index contributed by atoms with van der Waals surface area (Å²) in [5, 5.41) is 13.4. The number of hydrogen-bond donors (Lipinski definition) is 3. The molecule has 0 saturated heterocycles. The highest BCUT2D eigenvalue weighted by Gasteiger charge is 2.24. The fourth-order valence-electron chi connectivity index (χ4n) is 3.02. The number of hydrogen-bond acceptors (Lipinski definition) is 5. The molecule has 1 atom stereocenters. The SMILES string of the molecule is CN=C(NCCc1nc(C(C)C)no1)NCC1CC(=O)Nc2ccccc21.I. The van der Waals surface area contributed by atoms with Crippen LogP contribution in [0.2, 0.25) is 0 Å². The molecule has 1 unspecified atom stereocenters. The zero-order valence-corrected chi connectivity index (χ0v) is 18.7. The number of amides is 1. The molecule has 1 aliphatic heterocycles. The molecule has 3 rings (SSSR count). The minimum atomic E-state index is 0. The van der Waals surface area contributed by atoms with Gasteiger partial charge in [-0.2, -0.15) is 4.98 Å². The van der Waals surface area contributed by atoms with Gasteiger partial charge in [0.1, 0.15) is 0 Å². The molecule has 0 aliphatic carbocycles. The summed E-state index contributed by atoms with van der Waals surface area (Å²) in [7, 11) is 1.72. The molecule has 1 amide bonds. The average molecular weight is 498 g/mol. The van der Waals surface area contributed by atoms with Crippen LogP contribution >= 0.6 is 24.0 Å². The van der Waals surface area contributed by atoms with Crippen molar-refractivity contribution in [2.24, 2.45) is 4.99 Å². The van der Waals surface area contributed by atoms with Gasteiger partial charge >= 0.3 is 0 Å². The maximum absolute atomic E-state index is 11.9. The highest BCUT2D eigenvalue weighted by molar-refractivity contribution is 14.0. The number of aliphatic imine (C=N–C) groups is 1. The molecule has 1 aliphatic rings. The summed E-state index contributed by atoms with van der Waals surface area (Å²) in [4.78, 5) is 20.5. The summed E-state index contributed by atoms with van der Waals surface area (Å²) >= 11 is 0. The number of para-hydroxylation sites is 1. The van der Waals surface area contributed by atoms with E-state index >= 15 is 0 Å². The number of halogens is 1. The summed E-state index contributed by atoms with van der Waals surface area (Å²) in [5.41, 5.74) is 2.04. The fraction of sp³-hybridized carbons (Fsp3) is 0.474. The van der Waals surface area contributed by atoms with Gasteiger partial charge in [0.15, 0.2) is 11.8 Å². The first-order valence-electron chi connectivity index (χ1n) is 9.22. The first-order valence-corrected chi connectivity index (χ1v) is 9.22. The average Bonchev–Trinajstić information content (AvgIpc) is 3.13. The number of anilines is 1. The van der Waals surface area contributed by atoms with E-state index < -0.39 is 0 Å². The summed E-state index contributed by atoms with van der Waals surface area (Å²) in [6.07, 6.45) is 1.08.